The van der Waals surface area contributed by atoms with E-state index in [9.17, 15) is 0 Å². The maximum absolute atomic E-state index is 4.98. The first-order chi connectivity index (χ1) is 7.33. The first kappa shape index (κ1) is 10.3. The molecule has 0 saturated heterocycles. The summed E-state index contributed by atoms with van der Waals surface area (Å²) in [6, 6.07) is 0. The number of rotatable bonds is 4. The number of aromatic nitrogens is 2. The minimum Gasteiger partial charge on any atom is -0.383 e. The van der Waals surface area contributed by atoms with Gasteiger partial charge in [0.25, 0.3) is 0 Å². The molecule has 15 heavy (non-hydrogen) atoms. The molecule has 0 radical (unpaired) electrons. The molecule has 2 aromatic heterocycles. The highest BCUT2D eigenvalue weighted by Crippen LogP contribution is 2.28. The summed E-state index contributed by atoms with van der Waals surface area (Å²) >= 11 is 1.67. The van der Waals surface area contributed by atoms with E-state index in [1.807, 2.05) is 0 Å². The lowest BCUT2D eigenvalue weighted by atomic mass is 10.3. The predicted molar refractivity (Wildman–Crippen MR) is 62.5 cm³/mol. The first-order valence-corrected chi connectivity index (χ1v) is 5.62. The Labute approximate surface area is 92.3 Å². The molecule has 0 atom stereocenters. The van der Waals surface area contributed by atoms with Gasteiger partial charge in [0.15, 0.2) is 0 Å². The van der Waals surface area contributed by atoms with Crippen molar-refractivity contribution in [3.8, 4) is 0 Å². The molecule has 0 aliphatic carbocycles. The predicted octanol–water partition coefficient (Wildman–Crippen LogP) is 2.06. The molecular weight excluding hydrogens is 210 g/mol. The van der Waals surface area contributed by atoms with Crippen molar-refractivity contribution in [3.05, 3.63) is 17.3 Å². The van der Waals surface area contributed by atoms with Crippen LogP contribution in [0.1, 0.15) is 5.56 Å². The van der Waals surface area contributed by atoms with Gasteiger partial charge in [-0.2, -0.15) is 0 Å². The zero-order valence-corrected chi connectivity index (χ0v) is 9.60. The second-order valence-corrected chi connectivity index (χ2v) is 4.12. The van der Waals surface area contributed by atoms with E-state index in [1.165, 1.54) is 5.56 Å². The number of hydrogen-bond acceptors (Lipinski definition) is 5. The maximum Gasteiger partial charge on any atom is 0.147 e. The zero-order chi connectivity index (χ0) is 10.7. The molecule has 2 rings (SSSR count). The Morgan fingerprint density at radius 1 is 1.47 bits per heavy atom. The molecule has 4 nitrogen and oxygen atoms in total. The van der Waals surface area contributed by atoms with Crippen LogP contribution in [0.4, 0.5) is 5.82 Å². The summed E-state index contributed by atoms with van der Waals surface area (Å²) in [5.74, 6) is 0.898. The number of anilines is 1. The summed E-state index contributed by atoms with van der Waals surface area (Å²) in [6.45, 7) is 3.50. The second kappa shape index (κ2) is 4.55. The summed E-state index contributed by atoms with van der Waals surface area (Å²) in [6.07, 6.45) is 1.59. The van der Waals surface area contributed by atoms with Crippen LogP contribution in [0.25, 0.3) is 10.2 Å². The van der Waals surface area contributed by atoms with Crippen LogP contribution < -0.4 is 5.32 Å². The van der Waals surface area contributed by atoms with Crippen LogP contribution in [0, 0.1) is 6.92 Å². The monoisotopic (exact) mass is 223 g/mol. The van der Waals surface area contributed by atoms with Gasteiger partial charge in [-0.1, -0.05) is 0 Å². The molecule has 0 unspecified atom stereocenters. The van der Waals surface area contributed by atoms with E-state index in [4.69, 9.17) is 4.74 Å². The number of thiophene rings is 1. The fourth-order valence-corrected chi connectivity index (χ4v) is 2.33. The first-order valence-electron chi connectivity index (χ1n) is 4.74. The molecule has 0 spiro atoms. The van der Waals surface area contributed by atoms with E-state index in [1.54, 1.807) is 24.8 Å². The van der Waals surface area contributed by atoms with Gasteiger partial charge in [-0.25, -0.2) is 9.97 Å². The molecule has 5 heteroatoms. The van der Waals surface area contributed by atoms with Crippen LogP contribution in [0.5, 0.6) is 0 Å². The van der Waals surface area contributed by atoms with E-state index in [2.05, 4.69) is 27.6 Å². The number of ether oxygens (including phenoxy) is 1. The van der Waals surface area contributed by atoms with Gasteiger partial charge in [0.2, 0.25) is 0 Å². The van der Waals surface area contributed by atoms with Crippen LogP contribution in [0.3, 0.4) is 0 Å². The Bertz CT molecular complexity index is 455. The van der Waals surface area contributed by atoms with Crippen LogP contribution in [-0.2, 0) is 4.74 Å². The smallest absolute Gasteiger partial charge is 0.147 e. The second-order valence-electron chi connectivity index (χ2n) is 3.24. The topological polar surface area (TPSA) is 47.0 Å². The van der Waals surface area contributed by atoms with Gasteiger partial charge in [-0.05, 0) is 17.9 Å². The Morgan fingerprint density at radius 2 is 2.33 bits per heavy atom. The summed E-state index contributed by atoms with van der Waals surface area (Å²) in [4.78, 5) is 8.48. The third-order valence-corrected chi connectivity index (χ3v) is 3.22. The van der Waals surface area contributed by atoms with Gasteiger partial charge in [0, 0.05) is 13.7 Å². The van der Waals surface area contributed by atoms with E-state index in [0.717, 1.165) is 22.6 Å². The van der Waals surface area contributed by atoms with Crippen molar-refractivity contribution in [1.82, 2.24) is 9.97 Å². The summed E-state index contributed by atoms with van der Waals surface area (Å²) in [7, 11) is 1.69. The van der Waals surface area contributed by atoms with Gasteiger partial charge in [0.05, 0.1) is 16.8 Å². The standard InChI is InChI=1S/C10H13N3OS/c1-7-5-15-9-8(7)12-6-13-10(9)11-3-4-14-2/h5-6H,3-4H2,1-2H3,(H,11,12,13). The van der Waals surface area contributed by atoms with E-state index >= 15 is 0 Å². The summed E-state index contributed by atoms with van der Waals surface area (Å²) in [5, 5.41) is 5.33. The van der Waals surface area contributed by atoms with Crippen molar-refractivity contribution in [2.75, 3.05) is 25.6 Å². The Morgan fingerprint density at radius 3 is 3.13 bits per heavy atom. The minimum absolute atomic E-state index is 0.676. The molecule has 0 aromatic carbocycles. The molecule has 2 aromatic rings. The van der Waals surface area contributed by atoms with E-state index in [-0.39, 0.29) is 0 Å². The Hall–Kier alpha value is -1.20. The SMILES string of the molecule is COCCNc1ncnc2c(C)csc12. The molecule has 2 heterocycles. The van der Waals surface area contributed by atoms with Gasteiger partial charge < -0.3 is 10.1 Å². The number of nitrogens with zero attached hydrogens (tertiary/aromatic N) is 2. The molecule has 0 fully saturated rings. The molecule has 80 valence electrons. The Kier molecular flexibility index (Phi) is 3.13. The maximum atomic E-state index is 4.98. The third kappa shape index (κ3) is 2.08. The van der Waals surface area contributed by atoms with Crippen LogP contribution in [-0.4, -0.2) is 30.2 Å². The van der Waals surface area contributed by atoms with Crippen molar-refractivity contribution < 1.29 is 4.74 Å². The van der Waals surface area contributed by atoms with E-state index in [0.29, 0.717) is 6.61 Å². The Balaban J connectivity index is 2.26. The zero-order valence-electron chi connectivity index (χ0n) is 8.78. The fourth-order valence-electron chi connectivity index (χ4n) is 1.37. The lowest BCUT2D eigenvalue weighted by Gasteiger charge is -2.04. The van der Waals surface area contributed by atoms with Crippen LogP contribution in [0.2, 0.25) is 0 Å². The van der Waals surface area contributed by atoms with Crippen molar-refractivity contribution >= 4 is 27.4 Å². The van der Waals surface area contributed by atoms with Gasteiger partial charge >= 0.3 is 0 Å². The highest BCUT2D eigenvalue weighted by Gasteiger charge is 2.06. The van der Waals surface area contributed by atoms with Gasteiger partial charge in [0.1, 0.15) is 12.1 Å². The van der Waals surface area contributed by atoms with E-state index < -0.39 is 0 Å². The quantitative estimate of drug-likeness (QED) is 0.806. The molecular formula is C10H13N3OS. The molecule has 0 saturated carbocycles. The number of fused-ring (bicyclic) bond motifs is 1. The molecule has 0 bridgehead atoms. The number of hydrogen-bond donors (Lipinski definition) is 1. The molecule has 1 N–H and O–H groups in total. The summed E-state index contributed by atoms with van der Waals surface area (Å²) < 4.78 is 6.10. The number of methoxy groups -OCH3 is 1. The molecule has 0 amide bonds. The lowest BCUT2D eigenvalue weighted by molar-refractivity contribution is 0.210. The van der Waals surface area contributed by atoms with Gasteiger partial charge in [-0.3, -0.25) is 0 Å². The summed E-state index contributed by atoms with van der Waals surface area (Å²) in [5.41, 5.74) is 2.24. The average Bonchev–Trinajstić information content (AvgIpc) is 2.62. The molecule has 0 aliphatic rings. The van der Waals surface area contributed by atoms with Crippen molar-refractivity contribution in [3.63, 3.8) is 0 Å². The number of nitrogens with one attached hydrogen (secondary N) is 1. The lowest BCUT2D eigenvalue weighted by Crippen LogP contribution is -2.08. The normalized spacial score (nSPS) is 10.8. The average molecular weight is 223 g/mol. The van der Waals surface area contributed by atoms with Crippen LogP contribution >= 0.6 is 11.3 Å². The van der Waals surface area contributed by atoms with Crippen molar-refractivity contribution in [1.29, 1.82) is 0 Å². The molecule has 0 aliphatic heterocycles. The fraction of sp³-hybridized carbons (Fsp3) is 0.400. The third-order valence-electron chi connectivity index (χ3n) is 2.13. The van der Waals surface area contributed by atoms with Crippen molar-refractivity contribution in [2.24, 2.45) is 0 Å². The highest BCUT2D eigenvalue weighted by atomic mass is 32.1. The van der Waals surface area contributed by atoms with Gasteiger partial charge in [-0.15, -0.1) is 11.3 Å². The minimum atomic E-state index is 0.676. The number of aryl methyl sites for hydroxylation is 1. The van der Waals surface area contributed by atoms with Crippen molar-refractivity contribution in [2.45, 2.75) is 6.92 Å². The highest BCUT2D eigenvalue weighted by molar-refractivity contribution is 7.18. The largest absolute Gasteiger partial charge is 0.383 e. The van der Waals surface area contributed by atoms with Crippen LogP contribution in [0.15, 0.2) is 11.7 Å².